The number of hydrogen-bond acceptors (Lipinski definition) is 0. The maximum atomic E-state index is 3.53. The van der Waals surface area contributed by atoms with E-state index in [9.17, 15) is 0 Å². The van der Waals surface area contributed by atoms with Crippen LogP contribution in [0, 0.1) is 0 Å². The van der Waals surface area contributed by atoms with Gasteiger partial charge in [0.2, 0.25) is 0 Å². The Kier molecular flexibility index (Phi) is 3.72. The van der Waals surface area contributed by atoms with Crippen molar-refractivity contribution in [1.29, 1.82) is 0 Å². The van der Waals surface area contributed by atoms with Crippen LogP contribution in [-0.4, -0.2) is 0 Å². The van der Waals surface area contributed by atoms with E-state index in [1.165, 1.54) is 54.6 Å². The third kappa shape index (κ3) is 2.66. The summed E-state index contributed by atoms with van der Waals surface area (Å²) < 4.78 is 1.10. The Morgan fingerprint density at radius 1 is 0.448 bits per heavy atom. The summed E-state index contributed by atoms with van der Waals surface area (Å²) in [6.45, 7) is 0. The molecule has 0 heterocycles. The van der Waals surface area contributed by atoms with Gasteiger partial charge in [0.25, 0.3) is 0 Å². The molecule has 0 aliphatic rings. The lowest BCUT2D eigenvalue weighted by atomic mass is 9.89. The Balaban J connectivity index is 1.62. The van der Waals surface area contributed by atoms with E-state index < -0.39 is 0 Å². The molecule has 0 fully saturated rings. The minimum Gasteiger partial charge on any atom is -0.0610 e. The minimum absolute atomic E-state index is 1.10. The van der Waals surface area contributed by atoms with Crippen LogP contribution in [0.5, 0.6) is 0 Å². The lowest BCUT2D eigenvalue weighted by molar-refractivity contribution is 1.59. The van der Waals surface area contributed by atoms with Gasteiger partial charge in [-0.25, -0.2) is 0 Å². The summed E-state index contributed by atoms with van der Waals surface area (Å²) in [6.07, 6.45) is 0. The van der Waals surface area contributed by atoms with Gasteiger partial charge in [-0.15, -0.1) is 0 Å². The Labute approximate surface area is 177 Å². The van der Waals surface area contributed by atoms with Crippen molar-refractivity contribution in [2.75, 3.05) is 0 Å². The second-order valence-corrected chi connectivity index (χ2v) is 8.47. The van der Waals surface area contributed by atoms with Crippen molar-refractivity contribution in [1.82, 2.24) is 0 Å². The molecule has 6 aromatic carbocycles. The highest BCUT2D eigenvalue weighted by atomic mass is 79.9. The van der Waals surface area contributed by atoms with Crippen LogP contribution < -0.4 is 0 Å². The van der Waals surface area contributed by atoms with Crippen molar-refractivity contribution in [3.8, 4) is 22.3 Å². The van der Waals surface area contributed by atoms with Crippen LogP contribution >= 0.6 is 15.9 Å². The van der Waals surface area contributed by atoms with Gasteiger partial charge in [0.1, 0.15) is 0 Å². The lowest BCUT2D eigenvalue weighted by Crippen LogP contribution is -1.87. The fourth-order valence-corrected chi connectivity index (χ4v) is 4.76. The summed E-state index contributed by atoms with van der Waals surface area (Å²) in [5.74, 6) is 0. The van der Waals surface area contributed by atoms with Gasteiger partial charge in [-0.05, 0) is 72.8 Å². The molecular formula is C28H17Br. The van der Waals surface area contributed by atoms with Crippen molar-refractivity contribution in [2.24, 2.45) is 0 Å². The molecule has 0 saturated carbocycles. The van der Waals surface area contributed by atoms with Crippen molar-refractivity contribution >= 4 is 48.2 Å². The van der Waals surface area contributed by atoms with Crippen molar-refractivity contribution in [2.45, 2.75) is 0 Å². The summed E-state index contributed by atoms with van der Waals surface area (Å²) >= 11 is 3.53. The maximum absolute atomic E-state index is 3.53. The molecule has 0 unspecified atom stereocenters. The first-order valence-electron chi connectivity index (χ1n) is 9.81. The first kappa shape index (κ1) is 16.8. The van der Waals surface area contributed by atoms with Crippen molar-refractivity contribution < 1.29 is 0 Å². The minimum atomic E-state index is 1.10. The van der Waals surface area contributed by atoms with Crippen LogP contribution in [0.25, 0.3) is 54.6 Å². The zero-order valence-corrected chi connectivity index (χ0v) is 17.3. The molecule has 0 amide bonds. The molecule has 0 aliphatic carbocycles. The SMILES string of the molecule is Brc1ccc(-c2cccc(-c3ccc4ccc5cccc6ccc3c4c56)c2)cc1. The van der Waals surface area contributed by atoms with Crippen LogP contribution in [0.1, 0.15) is 0 Å². The van der Waals surface area contributed by atoms with Gasteiger partial charge in [0, 0.05) is 4.47 Å². The van der Waals surface area contributed by atoms with Crippen LogP contribution in [0.2, 0.25) is 0 Å². The Morgan fingerprint density at radius 2 is 1.07 bits per heavy atom. The second kappa shape index (κ2) is 6.43. The molecule has 0 saturated heterocycles. The van der Waals surface area contributed by atoms with E-state index in [0.717, 1.165) is 4.47 Å². The molecule has 0 spiro atoms. The summed E-state index contributed by atoms with van der Waals surface area (Å²) in [4.78, 5) is 0. The van der Waals surface area contributed by atoms with E-state index in [0.29, 0.717) is 0 Å². The van der Waals surface area contributed by atoms with Gasteiger partial charge in [-0.3, -0.25) is 0 Å². The van der Waals surface area contributed by atoms with Gasteiger partial charge >= 0.3 is 0 Å². The molecular weight excluding hydrogens is 416 g/mol. The molecule has 0 aromatic heterocycles. The average molecular weight is 433 g/mol. The van der Waals surface area contributed by atoms with Gasteiger partial charge in [-0.1, -0.05) is 101 Å². The zero-order chi connectivity index (χ0) is 19.4. The molecule has 1 heteroatoms. The summed E-state index contributed by atoms with van der Waals surface area (Å²) in [5.41, 5.74) is 5.01. The highest BCUT2D eigenvalue weighted by Crippen LogP contribution is 2.39. The third-order valence-corrected chi connectivity index (χ3v) is 6.41. The molecule has 0 aliphatic heterocycles. The predicted octanol–water partition coefficient (Wildman–Crippen LogP) is 8.68. The largest absolute Gasteiger partial charge is 0.0610 e. The quantitative estimate of drug-likeness (QED) is 0.240. The Bertz CT molecular complexity index is 1480. The highest BCUT2D eigenvalue weighted by Gasteiger charge is 2.12. The van der Waals surface area contributed by atoms with Gasteiger partial charge < -0.3 is 0 Å². The highest BCUT2D eigenvalue weighted by molar-refractivity contribution is 9.10. The number of hydrogen-bond donors (Lipinski definition) is 0. The first-order chi connectivity index (χ1) is 14.3. The van der Waals surface area contributed by atoms with E-state index in [-0.39, 0.29) is 0 Å². The van der Waals surface area contributed by atoms with Crippen LogP contribution in [-0.2, 0) is 0 Å². The van der Waals surface area contributed by atoms with Crippen molar-refractivity contribution in [3.05, 3.63) is 108 Å². The maximum Gasteiger partial charge on any atom is 0.0175 e. The van der Waals surface area contributed by atoms with E-state index >= 15 is 0 Å². The molecule has 6 rings (SSSR count). The number of halogens is 1. The third-order valence-electron chi connectivity index (χ3n) is 5.88. The van der Waals surface area contributed by atoms with Crippen LogP contribution in [0.4, 0.5) is 0 Å². The molecule has 0 nitrogen and oxygen atoms in total. The molecule has 29 heavy (non-hydrogen) atoms. The van der Waals surface area contributed by atoms with E-state index in [2.05, 4.69) is 119 Å². The summed E-state index contributed by atoms with van der Waals surface area (Å²) in [6, 6.07) is 37.5. The standard InChI is InChI=1S/C28H17Br/c29-24-13-9-18(10-14-24)22-5-2-6-23(17-22)25-15-11-21-8-7-19-3-1-4-20-12-16-26(25)28(21)27(19)20/h1-17H. The lowest BCUT2D eigenvalue weighted by Gasteiger charge is -2.14. The summed E-state index contributed by atoms with van der Waals surface area (Å²) in [7, 11) is 0. The fourth-order valence-electron chi connectivity index (χ4n) is 4.50. The second-order valence-electron chi connectivity index (χ2n) is 7.56. The molecule has 0 radical (unpaired) electrons. The van der Waals surface area contributed by atoms with Gasteiger partial charge in [0.15, 0.2) is 0 Å². The monoisotopic (exact) mass is 432 g/mol. The molecule has 0 N–H and O–H groups in total. The van der Waals surface area contributed by atoms with E-state index in [1.807, 2.05) is 0 Å². The topological polar surface area (TPSA) is 0 Å². The van der Waals surface area contributed by atoms with Crippen LogP contribution in [0.3, 0.4) is 0 Å². The first-order valence-corrected chi connectivity index (χ1v) is 10.6. The predicted molar refractivity (Wildman–Crippen MR) is 129 cm³/mol. The van der Waals surface area contributed by atoms with E-state index in [1.54, 1.807) is 0 Å². The normalized spacial score (nSPS) is 11.6. The van der Waals surface area contributed by atoms with Gasteiger partial charge in [0.05, 0.1) is 0 Å². The molecule has 0 bridgehead atoms. The van der Waals surface area contributed by atoms with E-state index in [4.69, 9.17) is 0 Å². The molecule has 0 atom stereocenters. The fraction of sp³-hybridized carbons (Fsp3) is 0. The van der Waals surface area contributed by atoms with Gasteiger partial charge in [-0.2, -0.15) is 0 Å². The van der Waals surface area contributed by atoms with Crippen molar-refractivity contribution in [3.63, 3.8) is 0 Å². The summed E-state index contributed by atoms with van der Waals surface area (Å²) in [5, 5.41) is 7.97. The molecule has 6 aromatic rings. The smallest absolute Gasteiger partial charge is 0.0175 e. The number of benzene rings is 6. The Morgan fingerprint density at radius 3 is 1.86 bits per heavy atom. The van der Waals surface area contributed by atoms with Crippen LogP contribution in [0.15, 0.2) is 108 Å². The zero-order valence-electron chi connectivity index (χ0n) is 15.7. The molecule has 136 valence electrons. The number of rotatable bonds is 2. The average Bonchev–Trinajstić information content (AvgIpc) is 2.78. The Hall–Kier alpha value is -3.16.